The molecular formula is C16H10Cl2N2S. The minimum absolute atomic E-state index is 0.499. The Hall–Kier alpha value is -1.68. The van der Waals surface area contributed by atoms with E-state index in [1.54, 1.807) is 24.3 Å². The molecule has 0 aliphatic rings. The molecule has 5 heteroatoms. The number of aromatic nitrogens is 2. The van der Waals surface area contributed by atoms with Crippen LogP contribution in [0.5, 0.6) is 0 Å². The van der Waals surface area contributed by atoms with E-state index in [1.807, 2.05) is 30.3 Å². The summed E-state index contributed by atoms with van der Waals surface area (Å²) in [6, 6.07) is 16.9. The van der Waals surface area contributed by atoms with E-state index in [-0.39, 0.29) is 0 Å². The second kappa shape index (κ2) is 5.98. The second-order valence-corrected chi connectivity index (χ2v) is 5.73. The first-order valence-corrected chi connectivity index (χ1v) is 7.42. The van der Waals surface area contributed by atoms with Crippen molar-refractivity contribution in [2.75, 3.05) is 0 Å². The zero-order valence-corrected chi connectivity index (χ0v) is 13.1. The average molecular weight is 333 g/mol. The predicted octanol–water partition coefficient (Wildman–Crippen LogP) is 5.78. The van der Waals surface area contributed by atoms with Gasteiger partial charge in [-0.2, -0.15) is 0 Å². The van der Waals surface area contributed by atoms with Crippen molar-refractivity contribution in [2.45, 2.75) is 0 Å². The molecule has 2 aromatic carbocycles. The maximum absolute atomic E-state index is 6.25. The standard InChI is InChI=1S/C16H10Cl2N2S/c17-11-6-7-13(18)12(8-11)14-9-15(21)20-16(19-14)10-4-2-1-3-5-10/h1-9H,(H,19,20,21). The SMILES string of the molecule is S=c1cc(-c2cc(Cl)ccc2Cl)[nH]c(-c2ccccc2)n1. The molecule has 0 unspecified atom stereocenters. The number of hydrogen-bond donors (Lipinski definition) is 1. The highest BCUT2D eigenvalue weighted by Crippen LogP contribution is 2.30. The van der Waals surface area contributed by atoms with Crippen molar-refractivity contribution < 1.29 is 0 Å². The van der Waals surface area contributed by atoms with Crippen LogP contribution in [0.3, 0.4) is 0 Å². The highest BCUT2D eigenvalue weighted by molar-refractivity contribution is 7.71. The van der Waals surface area contributed by atoms with Crippen molar-refractivity contribution in [3.8, 4) is 22.6 Å². The minimum atomic E-state index is 0.499. The van der Waals surface area contributed by atoms with Crippen LogP contribution >= 0.6 is 35.4 Å². The Morgan fingerprint density at radius 2 is 1.71 bits per heavy atom. The number of hydrogen-bond acceptors (Lipinski definition) is 2. The van der Waals surface area contributed by atoms with Crippen molar-refractivity contribution in [1.29, 1.82) is 0 Å². The van der Waals surface area contributed by atoms with E-state index >= 15 is 0 Å². The molecule has 0 spiro atoms. The van der Waals surface area contributed by atoms with Crippen LogP contribution in [0.25, 0.3) is 22.6 Å². The number of benzene rings is 2. The molecule has 3 rings (SSSR count). The lowest BCUT2D eigenvalue weighted by Gasteiger charge is -2.08. The fourth-order valence-corrected chi connectivity index (χ4v) is 2.64. The summed E-state index contributed by atoms with van der Waals surface area (Å²) in [5, 5.41) is 1.22. The maximum atomic E-state index is 6.25. The van der Waals surface area contributed by atoms with E-state index in [1.165, 1.54) is 0 Å². The van der Waals surface area contributed by atoms with Gasteiger partial charge < -0.3 is 4.98 Å². The third-order valence-electron chi connectivity index (χ3n) is 3.01. The number of rotatable bonds is 2. The summed E-state index contributed by atoms with van der Waals surface area (Å²) in [5.74, 6) is 0.703. The fraction of sp³-hybridized carbons (Fsp3) is 0. The number of H-pyrrole nitrogens is 1. The largest absolute Gasteiger partial charge is 0.339 e. The van der Waals surface area contributed by atoms with Crippen LogP contribution in [-0.2, 0) is 0 Å². The maximum Gasteiger partial charge on any atom is 0.139 e. The van der Waals surface area contributed by atoms with Gasteiger partial charge in [-0.1, -0.05) is 65.8 Å². The fourth-order valence-electron chi connectivity index (χ4n) is 2.04. The Labute approximate surface area is 137 Å². The van der Waals surface area contributed by atoms with Crippen LogP contribution in [0, 0.1) is 4.64 Å². The highest BCUT2D eigenvalue weighted by Gasteiger charge is 2.08. The zero-order chi connectivity index (χ0) is 14.8. The first-order chi connectivity index (χ1) is 10.1. The van der Waals surface area contributed by atoms with E-state index in [0.29, 0.717) is 20.5 Å². The van der Waals surface area contributed by atoms with Gasteiger partial charge in [-0.05, 0) is 24.3 Å². The molecule has 0 fully saturated rings. The molecule has 0 bridgehead atoms. The molecule has 104 valence electrons. The van der Waals surface area contributed by atoms with Crippen molar-refractivity contribution >= 4 is 35.4 Å². The average Bonchev–Trinajstić information content (AvgIpc) is 2.50. The molecule has 2 nitrogen and oxygen atoms in total. The molecule has 0 radical (unpaired) electrons. The molecule has 0 aliphatic heterocycles. The molecule has 3 aromatic rings. The Kier molecular flexibility index (Phi) is 4.06. The predicted molar refractivity (Wildman–Crippen MR) is 90.3 cm³/mol. The Balaban J connectivity index is 2.19. The third-order valence-corrected chi connectivity index (χ3v) is 3.78. The third kappa shape index (κ3) is 3.16. The van der Waals surface area contributed by atoms with Crippen molar-refractivity contribution in [1.82, 2.24) is 9.97 Å². The summed E-state index contributed by atoms with van der Waals surface area (Å²) in [4.78, 5) is 7.63. The molecule has 1 heterocycles. The van der Waals surface area contributed by atoms with Crippen LogP contribution in [-0.4, -0.2) is 9.97 Å². The lowest BCUT2D eigenvalue weighted by atomic mass is 10.1. The van der Waals surface area contributed by atoms with Crippen LogP contribution in [0.1, 0.15) is 0 Å². The van der Waals surface area contributed by atoms with Gasteiger partial charge in [0.25, 0.3) is 0 Å². The monoisotopic (exact) mass is 332 g/mol. The molecular weight excluding hydrogens is 323 g/mol. The van der Waals surface area contributed by atoms with Crippen LogP contribution in [0.2, 0.25) is 10.0 Å². The topological polar surface area (TPSA) is 28.7 Å². The molecule has 0 saturated carbocycles. The van der Waals surface area contributed by atoms with Gasteiger partial charge in [0.15, 0.2) is 0 Å². The summed E-state index contributed by atoms with van der Waals surface area (Å²) < 4.78 is 0.499. The van der Waals surface area contributed by atoms with E-state index in [0.717, 1.165) is 16.8 Å². The van der Waals surface area contributed by atoms with E-state index < -0.39 is 0 Å². The number of nitrogens with one attached hydrogen (secondary N) is 1. The Morgan fingerprint density at radius 3 is 2.48 bits per heavy atom. The Morgan fingerprint density at radius 1 is 0.952 bits per heavy atom. The zero-order valence-electron chi connectivity index (χ0n) is 10.8. The minimum Gasteiger partial charge on any atom is -0.339 e. The van der Waals surface area contributed by atoms with Crippen molar-refractivity contribution in [2.24, 2.45) is 0 Å². The van der Waals surface area contributed by atoms with Gasteiger partial charge in [0, 0.05) is 21.2 Å². The van der Waals surface area contributed by atoms with E-state index in [4.69, 9.17) is 35.4 Å². The van der Waals surface area contributed by atoms with Gasteiger partial charge in [-0.25, -0.2) is 4.98 Å². The summed E-state index contributed by atoms with van der Waals surface area (Å²) in [6.07, 6.45) is 0. The van der Waals surface area contributed by atoms with Gasteiger partial charge in [-0.15, -0.1) is 0 Å². The van der Waals surface area contributed by atoms with Gasteiger partial charge in [0.05, 0.1) is 5.69 Å². The molecule has 1 aromatic heterocycles. The van der Waals surface area contributed by atoms with Crippen LogP contribution in [0.15, 0.2) is 54.6 Å². The highest BCUT2D eigenvalue weighted by atomic mass is 35.5. The van der Waals surface area contributed by atoms with Gasteiger partial charge in [-0.3, -0.25) is 0 Å². The Bertz CT molecular complexity index is 844. The summed E-state index contributed by atoms with van der Waals surface area (Å²) in [7, 11) is 0. The van der Waals surface area contributed by atoms with Gasteiger partial charge in [0.1, 0.15) is 10.5 Å². The number of halogens is 2. The summed E-state index contributed by atoms with van der Waals surface area (Å²) in [6.45, 7) is 0. The number of nitrogens with zero attached hydrogens (tertiary/aromatic N) is 1. The summed E-state index contributed by atoms with van der Waals surface area (Å²) in [5.41, 5.74) is 2.56. The lowest BCUT2D eigenvalue weighted by molar-refractivity contribution is 1.16. The van der Waals surface area contributed by atoms with Gasteiger partial charge in [0.2, 0.25) is 0 Å². The van der Waals surface area contributed by atoms with Crippen LogP contribution in [0.4, 0.5) is 0 Å². The van der Waals surface area contributed by atoms with E-state index in [2.05, 4.69) is 9.97 Å². The van der Waals surface area contributed by atoms with Crippen LogP contribution < -0.4 is 0 Å². The summed E-state index contributed by atoms with van der Waals surface area (Å²) >= 11 is 17.6. The van der Waals surface area contributed by atoms with E-state index in [9.17, 15) is 0 Å². The molecule has 0 atom stereocenters. The molecule has 0 aliphatic carbocycles. The van der Waals surface area contributed by atoms with Crippen molar-refractivity contribution in [3.05, 3.63) is 69.3 Å². The first-order valence-electron chi connectivity index (χ1n) is 6.26. The normalized spacial score (nSPS) is 10.6. The molecule has 0 amide bonds. The second-order valence-electron chi connectivity index (χ2n) is 4.47. The number of aromatic amines is 1. The van der Waals surface area contributed by atoms with Crippen molar-refractivity contribution in [3.63, 3.8) is 0 Å². The molecule has 1 N–H and O–H groups in total. The lowest BCUT2D eigenvalue weighted by Crippen LogP contribution is -1.93. The molecule has 21 heavy (non-hydrogen) atoms. The molecule has 0 saturated heterocycles. The smallest absolute Gasteiger partial charge is 0.139 e. The van der Waals surface area contributed by atoms with Gasteiger partial charge >= 0.3 is 0 Å². The quantitative estimate of drug-likeness (QED) is 0.602. The first kappa shape index (κ1) is 14.3.